The van der Waals surface area contributed by atoms with E-state index in [9.17, 15) is 14.7 Å². The van der Waals surface area contributed by atoms with Crippen molar-refractivity contribution in [2.45, 2.75) is 239 Å². The Morgan fingerprint density at radius 3 is 0.957 bits per heavy atom. The fourth-order valence-electron chi connectivity index (χ4n) is 6.33. The molecule has 0 aliphatic heterocycles. The molecule has 0 aromatic carbocycles. The van der Waals surface area contributed by atoms with E-state index in [2.05, 4.69) is 20.8 Å². The smallest absolute Gasteiger partial charge is 0.305 e. The number of aliphatic hydroxyl groups is 1. The summed E-state index contributed by atoms with van der Waals surface area (Å²) < 4.78 is 10.4. The Labute approximate surface area is 293 Å². The molecule has 280 valence electrons. The number of hydrogen-bond acceptors (Lipinski definition) is 5. The lowest BCUT2D eigenvalue weighted by Crippen LogP contribution is -2.25. The Kier molecular flexibility index (Phi) is 36.8. The number of carbonyl (C=O) groups is 2. The first kappa shape index (κ1) is 45.9. The molecule has 0 aliphatic carbocycles. The summed E-state index contributed by atoms with van der Waals surface area (Å²) >= 11 is 0. The summed E-state index contributed by atoms with van der Waals surface area (Å²) in [7, 11) is 0. The second-order valence-corrected chi connectivity index (χ2v) is 15.0. The lowest BCUT2D eigenvalue weighted by molar-refractivity contribution is -0.152. The molecule has 0 saturated carbocycles. The molecule has 0 fully saturated rings. The molecule has 0 aromatic rings. The van der Waals surface area contributed by atoms with Gasteiger partial charge in [0.2, 0.25) is 0 Å². The van der Waals surface area contributed by atoms with Crippen LogP contribution in [0.2, 0.25) is 0 Å². The zero-order valence-corrected chi connectivity index (χ0v) is 32.0. The molecule has 0 heterocycles. The minimum absolute atomic E-state index is 0.108. The van der Waals surface area contributed by atoms with E-state index in [-0.39, 0.29) is 25.2 Å². The third-order valence-electron chi connectivity index (χ3n) is 9.52. The summed E-state index contributed by atoms with van der Waals surface area (Å²) in [5.41, 5.74) is 0. The number of hydrogen-bond donors (Lipinski definition) is 1. The molecule has 0 rings (SSSR count). The second-order valence-electron chi connectivity index (χ2n) is 15.0. The average molecular weight is 667 g/mol. The molecular formula is C42H82O5. The van der Waals surface area contributed by atoms with Gasteiger partial charge in [-0.1, -0.05) is 207 Å². The molecule has 0 aromatic heterocycles. The molecule has 1 atom stereocenters. The quantitative estimate of drug-likeness (QED) is 0.0524. The van der Waals surface area contributed by atoms with Gasteiger partial charge >= 0.3 is 11.9 Å². The second kappa shape index (κ2) is 37.7. The van der Waals surface area contributed by atoms with E-state index < -0.39 is 6.10 Å². The molecule has 0 bridgehead atoms. The predicted octanol–water partition coefficient (Wildman–Crippen LogP) is 13.0. The van der Waals surface area contributed by atoms with Gasteiger partial charge in [-0.05, 0) is 18.8 Å². The summed E-state index contributed by atoms with van der Waals surface area (Å²) in [6.07, 6.45) is 40.2. The molecule has 1 N–H and O–H groups in total. The van der Waals surface area contributed by atoms with Crippen LogP contribution in [0.4, 0.5) is 0 Å². The minimum Gasteiger partial charge on any atom is -0.463 e. The molecule has 5 nitrogen and oxygen atoms in total. The highest BCUT2D eigenvalue weighted by atomic mass is 16.6. The van der Waals surface area contributed by atoms with E-state index in [1.807, 2.05) is 0 Å². The van der Waals surface area contributed by atoms with Crippen LogP contribution in [-0.4, -0.2) is 36.4 Å². The molecule has 0 amide bonds. The van der Waals surface area contributed by atoms with Gasteiger partial charge in [-0.15, -0.1) is 0 Å². The van der Waals surface area contributed by atoms with E-state index in [4.69, 9.17) is 9.47 Å². The highest BCUT2D eigenvalue weighted by molar-refractivity contribution is 5.69. The monoisotopic (exact) mass is 667 g/mol. The van der Waals surface area contributed by atoms with Crippen molar-refractivity contribution in [3.05, 3.63) is 0 Å². The van der Waals surface area contributed by atoms with Gasteiger partial charge in [0.25, 0.3) is 0 Å². The average Bonchev–Trinajstić information content (AvgIpc) is 3.05. The van der Waals surface area contributed by atoms with Crippen molar-refractivity contribution >= 4 is 11.9 Å². The first-order valence-electron chi connectivity index (χ1n) is 20.9. The van der Waals surface area contributed by atoms with Crippen LogP contribution in [0.1, 0.15) is 233 Å². The Balaban J connectivity index is 3.36. The van der Waals surface area contributed by atoms with Crippen molar-refractivity contribution in [1.82, 2.24) is 0 Å². The van der Waals surface area contributed by atoms with Crippen molar-refractivity contribution in [2.75, 3.05) is 13.2 Å². The van der Waals surface area contributed by atoms with Crippen molar-refractivity contribution in [3.63, 3.8) is 0 Å². The molecule has 0 aliphatic rings. The predicted molar refractivity (Wildman–Crippen MR) is 201 cm³/mol. The molecule has 0 radical (unpaired) electrons. The van der Waals surface area contributed by atoms with Crippen LogP contribution in [0.15, 0.2) is 0 Å². The topological polar surface area (TPSA) is 72.8 Å². The highest BCUT2D eigenvalue weighted by Crippen LogP contribution is 2.16. The molecule has 5 heteroatoms. The summed E-state index contributed by atoms with van der Waals surface area (Å²) in [4.78, 5) is 23.9. The maximum absolute atomic E-state index is 12.0. The zero-order chi connectivity index (χ0) is 34.5. The lowest BCUT2D eigenvalue weighted by Gasteiger charge is -2.12. The highest BCUT2D eigenvalue weighted by Gasteiger charge is 2.12. The maximum atomic E-state index is 12.0. The fourth-order valence-corrected chi connectivity index (χ4v) is 6.33. The van der Waals surface area contributed by atoms with Crippen LogP contribution >= 0.6 is 0 Å². The minimum atomic E-state index is -0.955. The summed E-state index contributed by atoms with van der Waals surface area (Å²) in [6, 6.07) is 0. The Hall–Kier alpha value is -1.10. The zero-order valence-electron chi connectivity index (χ0n) is 32.0. The normalized spacial score (nSPS) is 12.1. The summed E-state index contributed by atoms with van der Waals surface area (Å²) in [6.45, 7) is 6.67. The number of ether oxygens (including phenoxy) is 2. The molecule has 0 unspecified atom stereocenters. The molecular weight excluding hydrogens is 584 g/mol. The molecule has 47 heavy (non-hydrogen) atoms. The van der Waals surface area contributed by atoms with Gasteiger partial charge in [-0.25, -0.2) is 0 Å². The van der Waals surface area contributed by atoms with Gasteiger partial charge < -0.3 is 14.6 Å². The van der Waals surface area contributed by atoms with Crippen LogP contribution < -0.4 is 0 Å². The number of unbranched alkanes of at least 4 members (excludes halogenated alkanes) is 28. The van der Waals surface area contributed by atoms with Crippen molar-refractivity contribution in [1.29, 1.82) is 0 Å². The standard InChI is InChI=1S/C42H82O5/c1-4-5-6-7-8-9-10-11-12-13-14-15-16-17-20-23-26-29-32-35-41(44)46-37-40(43)38-47-42(45)36-33-30-27-24-21-18-19-22-25-28-31-34-39(2)3/h39-40,43H,4-38H2,1-3H3/t40-/m1/s1. The van der Waals surface area contributed by atoms with Crippen LogP contribution in [0.5, 0.6) is 0 Å². The van der Waals surface area contributed by atoms with Crippen LogP contribution in [0, 0.1) is 5.92 Å². The summed E-state index contributed by atoms with van der Waals surface area (Å²) in [5, 5.41) is 10.0. The Morgan fingerprint density at radius 2 is 0.681 bits per heavy atom. The van der Waals surface area contributed by atoms with Crippen LogP contribution in [-0.2, 0) is 19.1 Å². The van der Waals surface area contributed by atoms with Gasteiger partial charge in [0.1, 0.15) is 19.3 Å². The lowest BCUT2D eigenvalue weighted by atomic mass is 10.0. The third kappa shape index (κ3) is 39.2. The number of rotatable bonds is 38. The third-order valence-corrected chi connectivity index (χ3v) is 9.52. The molecule has 0 saturated heterocycles. The van der Waals surface area contributed by atoms with Gasteiger partial charge in [0.15, 0.2) is 0 Å². The van der Waals surface area contributed by atoms with Gasteiger partial charge in [0, 0.05) is 12.8 Å². The van der Waals surface area contributed by atoms with E-state index >= 15 is 0 Å². The Bertz CT molecular complexity index is 649. The van der Waals surface area contributed by atoms with E-state index in [0.717, 1.165) is 31.6 Å². The SMILES string of the molecule is CCCCCCCCCCCCCCCCCCCCCC(=O)OC[C@@H](O)COC(=O)CCCCCCCCCCCCCC(C)C. The fraction of sp³-hybridized carbons (Fsp3) is 0.952. The summed E-state index contributed by atoms with van der Waals surface area (Å²) in [5.74, 6) is 0.286. The van der Waals surface area contributed by atoms with Crippen molar-refractivity contribution < 1.29 is 24.2 Å². The van der Waals surface area contributed by atoms with Gasteiger partial charge in [-0.3, -0.25) is 9.59 Å². The molecule has 0 spiro atoms. The van der Waals surface area contributed by atoms with Gasteiger partial charge in [0.05, 0.1) is 0 Å². The van der Waals surface area contributed by atoms with E-state index in [0.29, 0.717) is 12.8 Å². The number of esters is 2. The number of carbonyl (C=O) groups excluding carboxylic acids is 2. The Morgan fingerprint density at radius 1 is 0.426 bits per heavy atom. The maximum Gasteiger partial charge on any atom is 0.305 e. The first-order valence-corrected chi connectivity index (χ1v) is 20.9. The van der Waals surface area contributed by atoms with Gasteiger partial charge in [-0.2, -0.15) is 0 Å². The van der Waals surface area contributed by atoms with E-state index in [1.165, 1.54) is 173 Å². The van der Waals surface area contributed by atoms with Crippen LogP contribution in [0.25, 0.3) is 0 Å². The van der Waals surface area contributed by atoms with E-state index in [1.54, 1.807) is 0 Å². The number of aliphatic hydroxyl groups excluding tert-OH is 1. The van der Waals surface area contributed by atoms with Crippen molar-refractivity contribution in [3.8, 4) is 0 Å². The van der Waals surface area contributed by atoms with Crippen molar-refractivity contribution in [2.24, 2.45) is 5.92 Å². The van der Waals surface area contributed by atoms with Crippen LogP contribution in [0.3, 0.4) is 0 Å². The first-order chi connectivity index (χ1) is 23.0. The largest absolute Gasteiger partial charge is 0.463 e.